The van der Waals surface area contributed by atoms with E-state index in [-0.39, 0.29) is 24.8 Å². The van der Waals surface area contributed by atoms with E-state index in [0.717, 1.165) is 30.2 Å². The molecule has 1 aliphatic rings. The number of benzene rings is 3. The Morgan fingerprint density at radius 1 is 1.16 bits per heavy atom. The molecule has 9 nitrogen and oxygen atoms in total. The highest BCUT2D eigenvalue weighted by atomic mass is 32.2. The topological polar surface area (TPSA) is 128 Å². The van der Waals surface area contributed by atoms with Crippen LogP contribution in [0, 0.1) is 6.92 Å². The third kappa shape index (κ3) is 4.90. The number of sulfonamides is 1. The van der Waals surface area contributed by atoms with Crippen molar-refractivity contribution >= 4 is 32.5 Å². The number of fused-ring (bicyclic) bond motifs is 1. The molecule has 1 amide bonds. The maximum Gasteiger partial charge on any atom is 0.268 e. The first-order valence-corrected chi connectivity index (χ1v) is 13.8. The molecule has 3 N–H and O–H groups in total. The van der Waals surface area contributed by atoms with Crippen LogP contribution in [0.4, 0.5) is 5.69 Å². The number of hydrogen-bond donors (Lipinski definition) is 2. The quantitative estimate of drug-likeness (QED) is 0.345. The number of amides is 1. The molecule has 37 heavy (non-hydrogen) atoms. The number of carbonyl (C=O) groups excluding carboxylic acids is 1. The Hall–Kier alpha value is -3.89. The van der Waals surface area contributed by atoms with Gasteiger partial charge in [-0.15, -0.1) is 0 Å². The largest absolute Gasteiger partial charge is 0.457 e. The first-order chi connectivity index (χ1) is 17.7. The SMILES string of the molecule is Cc1cc(-n2nc3cc(N(CCO)S(C)(=O)=O)c(C4CC4)cc3c2C(N)=O)ccc1Oc1ccccc1. The molecule has 1 saturated carbocycles. The van der Waals surface area contributed by atoms with Crippen molar-refractivity contribution in [2.45, 2.75) is 25.7 Å². The van der Waals surface area contributed by atoms with E-state index in [0.29, 0.717) is 33.8 Å². The van der Waals surface area contributed by atoms with Crippen molar-refractivity contribution in [2.24, 2.45) is 5.73 Å². The molecule has 1 heterocycles. The molecule has 0 aliphatic heterocycles. The lowest BCUT2D eigenvalue weighted by molar-refractivity contribution is 0.0994. The Labute approximate surface area is 215 Å². The number of aromatic nitrogens is 2. The van der Waals surface area contributed by atoms with E-state index in [1.54, 1.807) is 12.1 Å². The number of rotatable bonds is 9. The van der Waals surface area contributed by atoms with Crippen LogP contribution >= 0.6 is 0 Å². The van der Waals surface area contributed by atoms with Crippen LogP contribution in [-0.4, -0.2) is 48.6 Å². The fraction of sp³-hybridized carbons (Fsp3) is 0.259. The smallest absolute Gasteiger partial charge is 0.268 e. The third-order valence-corrected chi connectivity index (χ3v) is 7.60. The number of carbonyl (C=O) groups is 1. The second kappa shape index (κ2) is 9.53. The van der Waals surface area contributed by atoms with Crippen molar-refractivity contribution in [2.75, 3.05) is 23.7 Å². The minimum atomic E-state index is -3.65. The van der Waals surface area contributed by atoms with Gasteiger partial charge in [-0.1, -0.05) is 18.2 Å². The van der Waals surface area contributed by atoms with Crippen LogP contribution in [0.1, 0.15) is 40.4 Å². The lowest BCUT2D eigenvalue weighted by atomic mass is 10.0. The fourth-order valence-electron chi connectivity index (χ4n) is 4.55. The van der Waals surface area contributed by atoms with Gasteiger partial charge in [-0.3, -0.25) is 9.10 Å². The van der Waals surface area contributed by atoms with E-state index in [1.165, 1.54) is 8.99 Å². The van der Waals surface area contributed by atoms with E-state index in [9.17, 15) is 18.3 Å². The first kappa shape index (κ1) is 24.8. The van der Waals surface area contributed by atoms with Crippen molar-refractivity contribution in [3.63, 3.8) is 0 Å². The summed E-state index contributed by atoms with van der Waals surface area (Å²) in [6.07, 6.45) is 2.94. The summed E-state index contributed by atoms with van der Waals surface area (Å²) in [4.78, 5) is 12.6. The number of ether oxygens (including phenoxy) is 1. The number of nitrogens with zero attached hydrogens (tertiary/aromatic N) is 3. The second-order valence-corrected chi connectivity index (χ2v) is 11.2. The maximum atomic E-state index is 12.6. The minimum absolute atomic E-state index is 0.0739. The van der Waals surface area contributed by atoms with Crippen molar-refractivity contribution in [3.8, 4) is 17.2 Å². The number of primary amides is 1. The third-order valence-electron chi connectivity index (χ3n) is 6.42. The summed E-state index contributed by atoms with van der Waals surface area (Å²) in [5, 5.41) is 14.7. The van der Waals surface area contributed by atoms with E-state index in [2.05, 4.69) is 5.10 Å². The molecule has 0 saturated heterocycles. The average Bonchev–Trinajstić information content (AvgIpc) is 3.63. The molecule has 0 radical (unpaired) electrons. The van der Waals surface area contributed by atoms with Gasteiger partial charge in [0.25, 0.3) is 5.91 Å². The summed E-state index contributed by atoms with van der Waals surface area (Å²) in [6.45, 7) is 1.50. The predicted molar refractivity (Wildman–Crippen MR) is 142 cm³/mol. The van der Waals surface area contributed by atoms with E-state index in [4.69, 9.17) is 10.5 Å². The zero-order valence-corrected chi connectivity index (χ0v) is 21.4. The zero-order chi connectivity index (χ0) is 26.3. The summed E-state index contributed by atoms with van der Waals surface area (Å²) < 4.78 is 33.8. The summed E-state index contributed by atoms with van der Waals surface area (Å²) in [5.41, 5.74) is 9.20. The highest BCUT2D eigenvalue weighted by molar-refractivity contribution is 7.92. The summed E-state index contributed by atoms with van der Waals surface area (Å²) in [7, 11) is -3.65. The number of para-hydroxylation sites is 1. The molecule has 5 rings (SSSR count). The summed E-state index contributed by atoms with van der Waals surface area (Å²) >= 11 is 0. The monoisotopic (exact) mass is 520 g/mol. The highest BCUT2D eigenvalue weighted by Gasteiger charge is 2.32. The Morgan fingerprint density at radius 2 is 1.89 bits per heavy atom. The summed E-state index contributed by atoms with van der Waals surface area (Å²) in [5.74, 6) is 0.899. The van der Waals surface area contributed by atoms with Gasteiger partial charge in [0.2, 0.25) is 10.0 Å². The van der Waals surface area contributed by atoms with Crippen molar-refractivity contribution in [3.05, 3.63) is 77.5 Å². The van der Waals surface area contributed by atoms with Crippen LogP contribution < -0.4 is 14.8 Å². The van der Waals surface area contributed by atoms with E-state index >= 15 is 0 Å². The van der Waals surface area contributed by atoms with Gasteiger partial charge in [0, 0.05) is 5.39 Å². The molecule has 4 aromatic rings. The van der Waals surface area contributed by atoms with Gasteiger partial charge in [0.05, 0.1) is 36.3 Å². The van der Waals surface area contributed by atoms with Crippen molar-refractivity contribution in [1.29, 1.82) is 0 Å². The van der Waals surface area contributed by atoms with Crippen LogP contribution in [0.15, 0.2) is 60.7 Å². The molecular formula is C27H28N4O5S. The van der Waals surface area contributed by atoms with Crippen molar-refractivity contribution < 1.29 is 23.1 Å². The minimum Gasteiger partial charge on any atom is -0.457 e. The van der Waals surface area contributed by atoms with Gasteiger partial charge in [-0.25, -0.2) is 13.1 Å². The Morgan fingerprint density at radius 3 is 2.49 bits per heavy atom. The molecule has 10 heteroatoms. The van der Waals surface area contributed by atoms with Crippen LogP contribution in [0.25, 0.3) is 16.6 Å². The lowest BCUT2D eigenvalue weighted by Crippen LogP contribution is -2.33. The molecule has 0 bridgehead atoms. The van der Waals surface area contributed by atoms with Gasteiger partial charge in [-0.2, -0.15) is 5.10 Å². The van der Waals surface area contributed by atoms with Crippen LogP contribution in [0.3, 0.4) is 0 Å². The lowest BCUT2D eigenvalue weighted by Gasteiger charge is -2.24. The molecule has 1 aliphatic carbocycles. The molecule has 0 unspecified atom stereocenters. The second-order valence-electron chi connectivity index (χ2n) is 9.25. The van der Waals surface area contributed by atoms with Gasteiger partial charge in [0.15, 0.2) is 0 Å². The molecule has 0 spiro atoms. The molecule has 0 atom stereocenters. The van der Waals surface area contributed by atoms with Gasteiger partial charge < -0.3 is 15.6 Å². The number of hydrogen-bond acceptors (Lipinski definition) is 6. The van der Waals surface area contributed by atoms with E-state index < -0.39 is 15.9 Å². The molecule has 1 aromatic heterocycles. The molecule has 192 valence electrons. The Balaban J connectivity index is 1.64. The maximum absolute atomic E-state index is 12.6. The molecule has 3 aromatic carbocycles. The van der Waals surface area contributed by atoms with Crippen LogP contribution in [0.5, 0.6) is 11.5 Å². The van der Waals surface area contributed by atoms with Crippen LogP contribution in [-0.2, 0) is 10.0 Å². The molecule has 1 fully saturated rings. The highest BCUT2D eigenvalue weighted by Crippen LogP contribution is 2.46. The number of aliphatic hydroxyl groups excluding tert-OH is 1. The molecular weight excluding hydrogens is 492 g/mol. The average molecular weight is 521 g/mol. The summed E-state index contributed by atoms with van der Waals surface area (Å²) in [6, 6.07) is 18.4. The zero-order valence-electron chi connectivity index (χ0n) is 20.6. The van der Waals surface area contributed by atoms with Gasteiger partial charge in [-0.05, 0) is 79.3 Å². The standard InChI is InChI=1S/C27H28N4O5S/c1-17-14-19(10-11-25(17)36-20-6-4-3-5-7-20)31-26(27(28)33)22-15-21(18-8-9-18)24(16-23(22)29-31)30(12-13-32)37(2,34)35/h3-7,10-11,14-16,18,32H,8-9,12-13H2,1-2H3,(H2,28,33). The first-order valence-electron chi connectivity index (χ1n) is 12.0. The number of aryl methyl sites for hydroxylation is 1. The van der Waals surface area contributed by atoms with Gasteiger partial charge in [0.1, 0.15) is 17.2 Å². The number of aliphatic hydroxyl groups is 1. The normalized spacial score (nSPS) is 13.6. The Kier molecular flexibility index (Phi) is 6.38. The number of anilines is 1. The Bertz CT molecular complexity index is 1590. The van der Waals surface area contributed by atoms with Gasteiger partial charge >= 0.3 is 0 Å². The fourth-order valence-corrected chi connectivity index (χ4v) is 5.48. The van der Waals surface area contributed by atoms with E-state index in [1.807, 2.05) is 55.5 Å². The predicted octanol–water partition coefficient (Wildman–Crippen LogP) is 3.86. The van der Waals surface area contributed by atoms with Crippen LogP contribution in [0.2, 0.25) is 0 Å². The number of nitrogens with two attached hydrogens (primary N) is 1. The van der Waals surface area contributed by atoms with Crippen molar-refractivity contribution in [1.82, 2.24) is 9.78 Å².